The Kier molecular flexibility index (Phi) is 6.18. The largest absolute Gasteiger partial charge is 0.360 e. The highest BCUT2D eigenvalue weighted by molar-refractivity contribution is 5.91. The Hall–Kier alpha value is -2.74. The van der Waals surface area contributed by atoms with Crippen molar-refractivity contribution in [3.63, 3.8) is 0 Å². The summed E-state index contributed by atoms with van der Waals surface area (Å²) in [4.78, 5) is 28.2. The number of halogens is 1. The first-order valence-corrected chi connectivity index (χ1v) is 8.98. The summed E-state index contributed by atoms with van der Waals surface area (Å²) in [5, 5.41) is 6.42. The zero-order valence-electron chi connectivity index (χ0n) is 15.3. The van der Waals surface area contributed by atoms with Gasteiger partial charge in [0.2, 0.25) is 11.8 Å². The van der Waals surface area contributed by atoms with Crippen molar-refractivity contribution in [2.24, 2.45) is 0 Å². The normalized spacial score (nSPS) is 15.0. The van der Waals surface area contributed by atoms with Crippen molar-refractivity contribution in [3.8, 4) is 0 Å². The standard InChI is InChI=1S/C19H23FN4O3/c1-14-12-17(22-27-14)21-18(25)13-23-8-10-24(11-9-23)19(26)7-6-15-4-2-3-5-16(15)20/h2-5,12H,6-11,13H2,1H3,(H,21,22,25). The molecular formula is C19H23FN4O3. The van der Waals surface area contributed by atoms with Crippen LogP contribution in [0, 0.1) is 12.7 Å². The number of amides is 2. The summed E-state index contributed by atoms with van der Waals surface area (Å²) in [5.74, 6) is 0.610. The van der Waals surface area contributed by atoms with Crippen LogP contribution in [0.15, 0.2) is 34.9 Å². The number of piperazine rings is 1. The highest BCUT2D eigenvalue weighted by Gasteiger charge is 2.22. The highest BCUT2D eigenvalue weighted by Crippen LogP contribution is 2.12. The minimum Gasteiger partial charge on any atom is -0.360 e. The van der Waals surface area contributed by atoms with Crippen molar-refractivity contribution in [2.75, 3.05) is 38.0 Å². The monoisotopic (exact) mass is 374 g/mol. The Bertz CT molecular complexity index is 800. The second-order valence-electron chi connectivity index (χ2n) is 6.62. The molecule has 0 aliphatic carbocycles. The molecule has 0 bridgehead atoms. The molecule has 8 heteroatoms. The summed E-state index contributed by atoms with van der Waals surface area (Å²) in [6, 6.07) is 8.18. The van der Waals surface area contributed by atoms with E-state index in [1.54, 1.807) is 36.1 Å². The Morgan fingerprint density at radius 2 is 1.96 bits per heavy atom. The van der Waals surface area contributed by atoms with Crippen molar-refractivity contribution in [2.45, 2.75) is 19.8 Å². The number of hydrogen-bond donors (Lipinski definition) is 1. The fourth-order valence-electron chi connectivity index (χ4n) is 3.07. The molecule has 1 N–H and O–H groups in total. The first kappa shape index (κ1) is 19.0. The van der Waals surface area contributed by atoms with Gasteiger partial charge in [-0.05, 0) is 25.0 Å². The molecule has 1 aliphatic rings. The Morgan fingerprint density at radius 3 is 2.63 bits per heavy atom. The number of nitrogens with zero attached hydrogens (tertiary/aromatic N) is 3. The molecule has 0 atom stereocenters. The van der Waals surface area contributed by atoms with Crippen molar-refractivity contribution < 1.29 is 18.5 Å². The lowest BCUT2D eigenvalue weighted by Crippen LogP contribution is -2.50. The third-order valence-corrected chi connectivity index (χ3v) is 4.55. The predicted octanol–water partition coefficient (Wildman–Crippen LogP) is 1.84. The number of carbonyl (C=O) groups is 2. The average molecular weight is 374 g/mol. The van der Waals surface area contributed by atoms with Crippen molar-refractivity contribution in [1.82, 2.24) is 15.0 Å². The quantitative estimate of drug-likeness (QED) is 0.835. The molecule has 7 nitrogen and oxygen atoms in total. The molecule has 0 spiro atoms. The molecule has 2 amide bonds. The summed E-state index contributed by atoms with van der Waals surface area (Å²) in [6.45, 7) is 4.36. The lowest BCUT2D eigenvalue weighted by molar-refractivity contribution is -0.133. The van der Waals surface area contributed by atoms with E-state index >= 15 is 0 Å². The van der Waals surface area contributed by atoms with Crippen molar-refractivity contribution in [3.05, 3.63) is 47.5 Å². The zero-order chi connectivity index (χ0) is 19.2. The molecule has 2 aromatic rings. The first-order chi connectivity index (χ1) is 13.0. The summed E-state index contributed by atoms with van der Waals surface area (Å²) in [7, 11) is 0. The van der Waals surface area contributed by atoms with Crippen LogP contribution in [0.5, 0.6) is 0 Å². The van der Waals surface area contributed by atoms with Crippen molar-refractivity contribution >= 4 is 17.6 Å². The number of hydrogen-bond acceptors (Lipinski definition) is 5. The van der Waals surface area contributed by atoms with Gasteiger partial charge in [0.05, 0.1) is 6.54 Å². The van der Waals surface area contributed by atoms with Gasteiger partial charge in [0.1, 0.15) is 11.6 Å². The molecule has 1 aliphatic heterocycles. The Balaban J connectivity index is 1.39. The predicted molar refractivity (Wildman–Crippen MR) is 97.6 cm³/mol. The molecule has 144 valence electrons. The lowest BCUT2D eigenvalue weighted by Gasteiger charge is -2.34. The highest BCUT2D eigenvalue weighted by atomic mass is 19.1. The van der Waals surface area contributed by atoms with Crippen LogP contribution < -0.4 is 5.32 Å². The summed E-state index contributed by atoms with van der Waals surface area (Å²) in [5.41, 5.74) is 0.559. The Morgan fingerprint density at radius 1 is 1.22 bits per heavy atom. The van der Waals surface area contributed by atoms with Gasteiger partial charge in [0, 0.05) is 38.7 Å². The minimum atomic E-state index is -0.275. The summed E-state index contributed by atoms with van der Waals surface area (Å²) < 4.78 is 18.5. The molecule has 1 aromatic carbocycles. The van der Waals surface area contributed by atoms with E-state index in [1.165, 1.54) is 6.07 Å². The number of aryl methyl sites for hydroxylation is 2. The van der Waals surface area contributed by atoms with Crippen LogP contribution in [0.3, 0.4) is 0 Å². The van der Waals surface area contributed by atoms with E-state index in [-0.39, 0.29) is 30.6 Å². The zero-order valence-corrected chi connectivity index (χ0v) is 15.3. The number of carbonyl (C=O) groups excluding carboxylic acids is 2. The summed E-state index contributed by atoms with van der Waals surface area (Å²) in [6.07, 6.45) is 0.679. The maximum Gasteiger partial charge on any atom is 0.239 e. The molecule has 2 heterocycles. The smallest absolute Gasteiger partial charge is 0.239 e. The van der Waals surface area contributed by atoms with Crippen molar-refractivity contribution in [1.29, 1.82) is 0 Å². The average Bonchev–Trinajstić information content (AvgIpc) is 3.06. The van der Waals surface area contributed by atoms with Gasteiger partial charge >= 0.3 is 0 Å². The van der Waals surface area contributed by atoms with Gasteiger partial charge in [0.15, 0.2) is 5.82 Å². The molecule has 0 unspecified atom stereocenters. The third-order valence-electron chi connectivity index (χ3n) is 4.55. The van der Waals surface area contributed by atoms with E-state index in [0.717, 1.165) is 0 Å². The Labute approximate surface area is 157 Å². The van der Waals surface area contributed by atoms with Crippen LogP contribution in [0.2, 0.25) is 0 Å². The third kappa shape index (κ3) is 5.37. The van der Waals surface area contributed by atoms with E-state index in [1.807, 2.05) is 4.90 Å². The van der Waals surface area contributed by atoms with E-state index in [2.05, 4.69) is 10.5 Å². The molecule has 0 radical (unpaired) electrons. The first-order valence-electron chi connectivity index (χ1n) is 8.98. The SMILES string of the molecule is Cc1cc(NC(=O)CN2CCN(C(=O)CCc3ccccc3F)CC2)no1. The molecule has 1 saturated heterocycles. The number of benzene rings is 1. The molecule has 1 fully saturated rings. The second kappa shape index (κ2) is 8.77. The van der Waals surface area contributed by atoms with Crippen LogP contribution in [-0.4, -0.2) is 59.5 Å². The van der Waals surface area contributed by atoms with Gasteiger partial charge < -0.3 is 14.7 Å². The van der Waals surface area contributed by atoms with Crippen LogP contribution in [-0.2, 0) is 16.0 Å². The molecule has 27 heavy (non-hydrogen) atoms. The van der Waals surface area contributed by atoms with E-state index < -0.39 is 0 Å². The number of rotatable bonds is 6. The van der Waals surface area contributed by atoms with E-state index in [9.17, 15) is 14.0 Å². The number of nitrogens with one attached hydrogen (secondary N) is 1. The van der Waals surface area contributed by atoms with Gasteiger partial charge in [-0.25, -0.2) is 4.39 Å². The molecule has 0 saturated carbocycles. The maximum absolute atomic E-state index is 13.6. The van der Waals surface area contributed by atoms with E-state index in [4.69, 9.17) is 4.52 Å². The molecule has 3 rings (SSSR count). The molecule has 1 aromatic heterocycles. The van der Waals surface area contributed by atoms with Crippen LogP contribution >= 0.6 is 0 Å². The van der Waals surface area contributed by atoms with Crippen LogP contribution in [0.1, 0.15) is 17.7 Å². The fourth-order valence-corrected chi connectivity index (χ4v) is 3.07. The van der Waals surface area contributed by atoms with Crippen LogP contribution in [0.4, 0.5) is 10.2 Å². The van der Waals surface area contributed by atoms with Crippen LogP contribution in [0.25, 0.3) is 0 Å². The molecular weight excluding hydrogens is 351 g/mol. The van der Waals surface area contributed by atoms with Gasteiger partial charge in [0.25, 0.3) is 0 Å². The maximum atomic E-state index is 13.6. The van der Waals surface area contributed by atoms with Gasteiger partial charge in [-0.1, -0.05) is 23.4 Å². The van der Waals surface area contributed by atoms with Gasteiger partial charge in [-0.3, -0.25) is 14.5 Å². The summed E-state index contributed by atoms with van der Waals surface area (Å²) >= 11 is 0. The van der Waals surface area contributed by atoms with Gasteiger partial charge in [-0.2, -0.15) is 0 Å². The van der Waals surface area contributed by atoms with E-state index in [0.29, 0.717) is 49.7 Å². The van der Waals surface area contributed by atoms with Gasteiger partial charge in [-0.15, -0.1) is 0 Å². The second-order valence-corrected chi connectivity index (χ2v) is 6.62. The lowest BCUT2D eigenvalue weighted by atomic mass is 10.1. The number of anilines is 1. The fraction of sp³-hybridized carbons (Fsp3) is 0.421. The topological polar surface area (TPSA) is 78.7 Å². The minimum absolute atomic E-state index is 0.0143. The number of aromatic nitrogens is 1.